The van der Waals surface area contributed by atoms with Crippen molar-refractivity contribution in [2.45, 2.75) is 32.9 Å². The number of fused-ring (bicyclic) bond motifs is 1. The van der Waals surface area contributed by atoms with Crippen molar-refractivity contribution in [1.29, 1.82) is 0 Å². The van der Waals surface area contributed by atoms with E-state index in [1.54, 1.807) is 29.4 Å². The van der Waals surface area contributed by atoms with Gasteiger partial charge in [0.1, 0.15) is 17.7 Å². The summed E-state index contributed by atoms with van der Waals surface area (Å²) in [5.74, 6) is 0.611. The summed E-state index contributed by atoms with van der Waals surface area (Å²) in [6, 6.07) is 7.94. The summed E-state index contributed by atoms with van der Waals surface area (Å²) in [5, 5.41) is 4.75. The van der Waals surface area contributed by atoms with Crippen LogP contribution in [0.2, 0.25) is 0 Å². The first-order valence-electron chi connectivity index (χ1n) is 10.9. The first-order valence-corrected chi connectivity index (χ1v) is 10.9. The van der Waals surface area contributed by atoms with Gasteiger partial charge in [-0.3, -0.25) is 4.79 Å². The lowest BCUT2D eigenvalue weighted by Gasteiger charge is -2.33. The van der Waals surface area contributed by atoms with Crippen LogP contribution in [-0.2, 0) is 22.5 Å². The van der Waals surface area contributed by atoms with Crippen molar-refractivity contribution in [3.63, 3.8) is 0 Å². The minimum absolute atomic E-state index is 0.00636. The number of halogens is 1. The molecular formula is C24H25FN6O2. The predicted molar refractivity (Wildman–Crippen MR) is 119 cm³/mol. The van der Waals surface area contributed by atoms with E-state index in [0.29, 0.717) is 26.2 Å². The fourth-order valence-electron chi connectivity index (χ4n) is 4.23. The van der Waals surface area contributed by atoms with Crippen molar-refractivity contribution in [2.75, 3.05) is 19.7 Å². The van der Waals surface area contributed by atoms with Gasteiger partial charge in [-0.1, -0.05) is 12.1 Å². The Morgan fingerprint density at radius 2 is 1.97 bits per heavy atom. The van der Waals surface area contributed by atoms with Crippen molar-refractivity contribution in [3.05, 3.63) is 83.1 Å². The lowest BCUT2D eigenvalue weighted by molar-refractivity contribution is -0.138. The van der Waals surface area contributed by atoms with Gasteiger partial charge in [0.2, 0.25) is 5.91 Å². The van der Waals surface area contributed by atoms with Crippen LogP contribution in [0.4, 0.5) is 4.39 Å². The number of benzene rings is 1. The van der Waals surface area contributed by atoms with Crippen LogP contribution < -0.4 is 0 Å². The third kappa shape index (κ3) is 4.23. The van der Waals surface area contributed by atoms with Crippen LogP contribution in [0.3, 0.4) is 0 Å². The smallest absolute Gasteiger partial charge is 0.227 e. The van der Waals surface area contributed by atoms with E-state index in [1.807, 2.05) is 30.6 Å². The Labute approximate surface area is 190 Å². The standard InChI is InChI=1S/C24H25FN6O2/c1-16-20(14-29-10-9-26-17(29)2)24-27-8-7-21(31(24)28-16)22-15-30(11-12-33-22)23(32)13-18-3-5-19(25)6-4-18/h3-10,22H,11-15H2,1-2H3/t22-/m0/s1. The normalized spacial score (nSPS) is 16.5. The van der Waals surface area contributed by atoms with E-state index in [9.17, 15) is 9.18 Å². The molecular weight excluding hydrogens is 423 g/mol. The molecule has 1 atom stereocenters. The zero-order chi connectivity index (χ0) is 22.9. The monoisotopic (exact) mass is 448 g/mol. The number of morpholine rings is 1. The second kappa shape index (κ2) is 8.74. The molecule has 0 saturated carbocycles. The molecule has 1 aliphatic rings. The van der Waals surface area contributed by atoms with Gasteiger partial charge in [-0.05, 0) is 37.6 Å². The van der Waals surface area contributed by atoms with Gasteiger partial charge < -0.3 is 14.2 Å². The molecule has 0 bridgehead atoms. The van der Waals surface area contributed by atoms with E-state index < -0.39 is 0 Å². The highest BCUT2D eigenvalue weighted by molar-refractivity contribution is 5.79. The van der Waals surface area contributed by atoms with Crippen LogP contribution in [-0.4, -0.2) is 54.7 Å². The molecule has 1 aromatic carbocycles. The molecule has 33 heavy (non-hydrogen) atoms. The molecule has 0 unspecified atom stereocenters. The first kappa shape index (κ1) is 21.3. The molecule has 1 amide bonds. The number of rotatable bonds is 5. The summed E-state index contributed by atoms with van der Waals surface area (Å²) < 4.78 is 23.1. The van der Waals surface area contributed by atoms with Gasteiger partial charge in [-0.15, -0.1) is 0 Å². The molecule has 5 rings (SSSR count). The Bertz CT molecular complexity index is 1300. The lowest BCUT2D eigenvalue weighted by Crippen LogP contribution is -2.43. The Balaban J connectivity index is 1.38. The number of imidazole rings is 1. The van der Waals surface area contributed by atoms with Crippen molar-refractivity contribution in [1.82, 2.24) is 29.0 Å². The van der Waals surface area contributed by atoms with Gasteiger partial charge >= 0.3 is 0 Å². The molecule has 1 aliphatic heterocycles. The summed E-state index contributed by atoms with van der Waals surface area (Å²) >= 11 is 0. The molecule has 4 heterocycles. The Kier molecular flexibility index (Phi) is 5.63. The van der Waals surface area contributed by atoms with E-state index >= 15 is 0 Å². The average molecular weight is 449 g/mol. The Morgan fingerprint density at radius 1 is 1.15 bits per heavy atom. The molecule has 1 saturated heterocycles. The maximum atomic E-state index is 13.2. The molecule has 0 aliphatic carbocycles. The Morgan fingerprint density at radius 3 is 2.73 bits per heavy atom. The van der Waals surface area contributed by atoms with Crippen molar-refractivity contribution >= 4 is 11.6 Å². The maximum Gasteiger partial charge on any atom is 0.227 e. The summed E-state index contributed by atoms with van der Waals surface area (Å²) in [4.78, 5) is 23.6. The van der Waals surface area contributed by atoms with Gasteiger partial charge in [0.25, 0.3) is 0 Å². The van der Waals surface area contributed by atoms with Gasteiger partial charge in [0.05, 0.1) is 37.5 Å². The second-order valence-corrected chi connectivity index (χ2v) is 8.27. The number of nitrogens with zero attached hydrogens (tertiary/aromatic N) is 6. The molecule has 4 aromatic rings. The number of carbonyl (C=O) groups is 1. The second-order valence-electron chi connectivity index (χ2n) is 8.27. The highest BCUT2D eigenvalue weighted by atomic mass is 19.1. The van der Waals surface area contributed by atoms with Gasteiger partial charge in [0, 0.05) is 30.7 Å². The number of amides is 1. The minimum atomic E-state index is -0.316. The molecule has 0 radical (unpaired) electrons. The maximum absolute atomic E-state index is 13.2. The van der Waals surface area contributed by atoms with E-state index in [2.05, 4.69) is 14.5 Å². The predicted octanol–water partition coefficient (Wildman–Crippen LogP) is 2.87. The highest BCUT2D eigenvalue weighted by Gasteiger charge is 2.28. The van der Waals surface area contributed by atoms with Crippen LogP contribution in [0.5, 0.6) is 0 Å². The van der Waals surface area contributed by atoms with Crippen LogP contribution in [0, 0.1) is 19.7 Å². The average Bonchev–Trinajstić information content (AvgIpc) is 3.37. The van der Waals surface area contributed by atoms with Gasteiger partial charge in [-0.25, -0.2) is 18.9 Å². The van der Waals surface area contributed by atoms with Crippen molar-refractivity contribution in [3.8, 4) is 0 Å². The summed E-state index contributed by atoms with van der Waals surface area (Å²) in [6.45, 7) is 5.95. The lowest BCUT2D eigenvalue weighted by atomic mass is 10.1. The zero-order valence-corrected chi connectivity index (χ0v) is 18.6. The number of aromatic nitrogens is 5. The highest BCUT2D eigenvalue weighted by Crippen LogP contribution is 2.25. The van der Waals surface area contributed by atoms with Crippen LogP contribution in [0.15, 0.2) is 48.9 Å². The first-order chi connectivity index (χ1) is 16.0. The number of carbonyl (C=O) groups excluding carboxylic acids is 1. The van der Waals surface area contributed by atoms with E-state index in [-0.39, 0.29) is 24.2 Å². The zero-order valence-electron chi connectivity index (χ0n) is 18.6. The quantitative estimate of drug-likeness (QED) is 0.469. The molecule has 1 fully saturated rings. The van der Waals surface area contributed by atoms with Crippen LogP contribution >= 0.6 is 0 Å². The fraction of sp³-hybridized carbons (Fsp3) is 0.333. The van der Waals surface area contributed by atoms with Crippen molar-refractivity contribution < 1.29 is 13.9 Å². The third-order valence-corrected chi connectivity index (χ3v) is 6.11. The molecule has 8 nitrogen and oxygen atoms in total. The van der Waals surface area contributed by atoms with Crippen LogP contribution in [0.25, 0.3) is 5.65 Å². The van der Waals surface area contributed by atoms with E-state index in [0.717, 1.165) is 34.0 Å². The number of ether oxygens (including phenoxy) is 1. The summed E-state index contributed by atoms with van der Waals surface area (Å²) in [7, 11) is 0. The number of hydrogen-bond acceptors (Lipinski definition) is 5. The van der Waals surface area contributed by atoms with Gasteiger partial charge in [-0.2, -0.15) is 5.10 Å². The minimum Gasteiger partial charge on any atom is -0.368 e. The molecule has 0 N–H and O–H groups in total. The molecule has 3 aromatic heterocycles. The third-order valence-electron chi connectivity index (χ3n) is 6.11. The SMILES string of the molecule is Cc1nn2c([C@@H]3CN(C(=O)Cc4ccc(F)cc4)CCO3)ccnc2c1Cn1ccnc1C. The van der Waals surface area contributed by atoms with Gasteiger partial charge in [0.15, 0.2) is 5.65 Å². The summed E-state index contributed by atoms with van der Waals surface area (Å²) in [5.41, 5.74) is 4.34. The summed E-state index contributed by atoms with van der Waals surface area (Å²) in [6.07, 6.45) is 5.40. The molecule has 170 valence electrons. The van der Waals surface area contributed by atoms with Crippen LogP contribution in [0.1, 0.15) is 34.4 Å². The topological polar surface area (TPSA) is 77.5 Å². The fourth-order valence-corrected chi connectivity index (χ4v) is 4.23. The van der Waals surface area contributed by atoms with E-state index in [4.69, 9.17) is 9.84 Å². The Hall–Kier alpha value is -3.59. The molecule has 0 spiro atoms. The van der Waals surface area contributed by atoms with Crippen molar-refractivity contribution in [2.24, 2.45) is 0 Å². The molecule has 9 heteroatoms. The largest absolute Gasteiger partial charge is 0.368 e. The van der Waals surface area contributed by atoms with E-state index in [1.165, 1.54) is 12.1 Å². The number of aryl methyl sites for hydroxylation is 2. The number of hydrogen-bond donors (Lipinski definition) is 0.